The molecular formula is C54H82O6. The molecule has 11 atom stereocenters. The maximum Gasteiger partial charge on any atom is 0.119 e. The quantitative estimate of drug-likeness (QED) is 0.200. The van der Waals surface area contributed by atoms with Crippen LogP contribution in [-0.4, -0.2) is 58.0 Å². The molecule has 11 unspecified atom stereocenters. The Morgan fingerprint density at radius 3 is 0.850 bits per heavy atom. The van der Waals surface area contributed by atoms with Gasteiger partial charge in [-0.15, -0.1) is 0 Å². The van der Waals surface area contributed by atoms with Crippen molar-refractivity contribution < 1.29 is 28.4 Å². The average Bonchev–Trinajstić information content (AvgIpc) is 4.24. The van der Waals surface area contributed by atoms with Crippen LogP contribution in [0.5, 0.6) is 17.2 Å². The Morgan fingerprint density at radius 2 is 0.633 bits per heavy atom. The van der Waals surface area contributed by atoms with Gasteiger partial charge in [-0.05, 0) is 160 Å². The summed E-state index contributed by atoms with van der Waals surface area (Å²) < 4.78 is 31.2. The zero-order chi connectivity index (χ0) is 41.4. The van der Waals surface area contributed by atoms with Crippen LogP contribution in [0.4, 0.5) is 0 Å². The van der Waals surface area contributed by atoms with Gasteiger partial charge in [0.15, 0.2) is 0 Å². The van der Waals surface area contributed by atoms with E-state index in [9.17, 15) is 0 Å². The van der Waals surface area contributed by atoms with Crippen molar-refractivity contribution in [1.82, 2.24) is 0 Å². The molecule has 6 saturated carbocycles. The second-order valence-corrected chi connectivity index (χ2v) is 18.2. The molecule has 60 heavy (non-hydrogen) atoms. The number of fused-ring (bicyclic) bond motifs is 10. The molecule has 6 aliphatic carbocycles. The highest BCUT2D eigenvalue weighted by atomic mass is 16.6. The summed E-state index contributed by atoms with van der Waals surface area (Å²) >= 11 is 0. The lowest BCUT2D eigenvalue weighted by atomic mass is 9.82. The van der Waals surface area contributed by atoms with Crippen LogP contribution >= 0.6 is 0 Å². The number of hydrogen-bond acceptors (Lipinski definition) is 6. The van der Waals surface area contributed by atoms with Gasteiger partial charge in [0, 0.05) is 0 Å². The number of ether oxygens (including phenoxy) is 6. The molecule has 3 heterocycles. The first kappa shape index (κ1) is 48.0. The third-order valence-electron chi connectivity index (χ3n) is 14.0. The standard InChI is InChI=1S/2C11H18.3C9H10O2.2C2H6.CH4/c2*1-7-4-10-8-2-3-9(6-8)11(10)5-7;3*1-2-4-8(5-3-1)10-6-9-7-11-9;2*1-2;/h2*7-11H,2-6H2,1H3;3*1-5,9H,6-7H2;2*1-2H3;1H4. The minimum absolute atomic E-state index is 0. The Labute approximate surface area is 365 Å². The predicted molar refractivity (Wildman–Crippen MR) is 247 cm³/mol. The second kappa shape index (κ2) is 25.1. The van der Waals surface area contributed by atoms with Crippen LogP contribution in [0.3, 0.4) is 0 Å². The number of rotatable bonds is 9. The number of hydrogen-bond donors (Lipinski definition) is 0. The summed E-state index contributed by atoms with van der Waals surface area (Å²) in [5.41, 5.74) is 0. The van der Waals surface area contributed by atoms with Crippen molar-refractivity contribution in [2.75, 3.05) is 39.6 Å². The van der Waals surface area contributed by atoms with Crippen molar-refractivity contribution >= 4 is 0 Å². The summed E-state index contributed by atoms with van der Waals surface area (Å²) in [5.74, 6) is 14.3. The summed E-state index contributed by atoms with van der Waals surface area (Å²) in [4.78, 5) is 0. The Morgan fingerprint density at radius 1 is 0.400 bits per heavy atom. The molecule has 3 aromatic rings. The van der Waals surface area contributed by atoms with E-state index in [1.165, 1.54) is 47.3 Å². The molecule has 4 bridgehead atoms. The van der Waals surface area contributed by atoms with Crippen LogP contribution in [0.2, 0.25) is 0 Å². The normalized spacial score (nSPS) is 34.0. The fraction of sp³-hybridized carbons (Fsp3) is 0.667. The van der Waals surface area contributed by atoms with Crippen LogP contribution < -0.4 is 14.2 Å². The lowest BCUT2D eigenvalue weighted by Gasteiger charge is -2.23. The summed E-state index contributed by atoms with van der Waals surface area (Å²) in [7, 11) is 0. The highest BCUT2D eigenvalue weighted by Gasteiger charge is 2.51. The fourth-order valence-electron chi connectivity index (χ4n) is 11.2. The Hall–Kier alpha value is -3.06. The summed E-state index contributed by atoms with van der Waals surface area (Å²) in [6.45, 7) is 17.5. The molecule has 0 amide bonds. The van der Waals surface area contributed by atoms with E-state index in [-0.39, 0.29) is 7.43 Å². The van der Waals surface area contributed by atoms with Gasteiger partial charge in [0.25, 0.3) is 0 Å². The first-order valence-corrected chi connectivity index (χ1v) is 23.9. The average molecular weight is 827 g/mol. The number of benzene rings is 3. The molecule has 0 radical (unpaired) electrons. The molecule has 0 spiro atoms. The van der Waals surface area contributed by atoms with E-state index in [1.807, 2.05) is 119 Å². The van der Waals surface area contributed by atoms with E-state index in [1.54, 1.807) is 64.2 Å². The van der Waals surface area contributed by atoms with Gasteiger partial charge in [-0.1, -0.05) is 104 Å². The molecule has 9 aliphatic rings. The number of para-hydroxylation sites is 3. The van der Waals surface area contributed by atoms with Crippen LogP contribution in [0.15, 0.2) is 91.0 Å². The molecular weight excluding hydrogens is 745 g/mol. The van der Waals surface area contributed by atoms with Crippen molar-refractivity contribution in [1.29, 1.82) is 0 Å². The smallest absolute Gasteiger partial charge is 0.119 e. The number of epoxide rings is 3. The van der Waals surface area contributed by atoms with E-state index in [0.29, 0.717) is 38.1 Å². The largest absolute Gasteiger partial charge is 0.491 e. The lowest BCUT2D eigenvalue weighted by molar-refractivity contribution is 0.259. The zero-order valence-corrected chi connectivity index (χ0v) is 37.4. The van der Waals surface area contributed by atoms with Crippen LogP contribution in [0.1, 0.15) is 113 Å². The van der Waals surface area contributed by atoms with Crippen molar-refractivity contribution in [2.45, 2.75) is 131 Å². The first-order chi connectivity index (χ1) is 29.0. The van der Waals surface area contributed by atoms with Crippen LogP contribution in [0.25, 0.3) is 0 Å². The summed E-state index contributed by atoms with van der Waals surface area (Å²) in [5, 5.41) is 0. The lowest BCUT2D eigenvalue weighted by Crippen LogP contribution is -2.15. The molecule has 6 heteroatoms. The van der Waals surface area contributed by atoms with Gasteiger partial charge in [0.05, 0.1) is 19.8 Å². The van der Waals surface area contributed by atoms with Crippen molar-refractivity contribution in [2.24, 2.45) is 59.2 Å². The third kappa shape index (κ3) is 15.1. The zero-order valence-electron chi connectivity index (χ0n) is 37.4. The topological polar surface area (TPSA) is 65.3 Å². The molecule has 3 aromatic carbocycles. The van der Waals surface area contributed by atoms with Gasteiger partial charge in [-0.3, -0.25) is 0 Å². The highest BCUT2D eigenvalue weighted by Crippen LogP contribution is 2.60. The van der Waals surface area contributed by atoms with Gasteiger partial charge < -0.3 is 28.4 Å². The molecule has 334 valence electrons. The molecule has 3 saturated heterocycles. The van der Waals surface area contributed by atoms with Gasteiger partial charge in [0.2, 0.25) is 0 Å². The minimum Gasteiger partial charge on any atom is -0.491 e. The fourth-order valence-corrected chi connectivity index (χ4v) is 11.2. The molecule has 0 N–H and O–H groups in total. The Balaban J connectivity index is 0.000000139. The minimum atomic E-state index is 0. The van der Waals surface area contributed by atoms with Gasteiger partial charge >= 0.3 is 0 Å². The summed E-state index contributed by atoms with van der Waals surface area (Å²) in [6, 6.07) is 29.4. The third-order valence-corrected chi connectivity index (χ3v) is 14.0. The van der Waals surface area contributed by atoms with Gasteiger partial charge in [-0.25, -0.2) is 0 Å². The maximum atomic E-state index is 5.40. The van der Waals surface area contributed by atoms with E-state index in [0.717, 1.165) is 48.9 Å². The Bertz CT molecular complexity index is 1340. The van der Waals surface area contributed by atoms with Gasteiger partial charge in [-0.2, -0.15) is 0 Å². The predicted octanol–water partition coefficient (Wildman–Crippen LogP) is 13.2. The van der Waals surface area contributed by atoms with Crippen LogP contribution in [-0.2, 0) is 14.2 Å². The second-order valence-electron chi connectivity index (χ2n) is 18.2. The van der Waals surface area contributed by atoms with E-state index < -0.39 is 0 Å². The molecule has 9 fully saturated rings. The van der Waals surface area contributed by atoms with Crippen molar-refractivity contribution in [3.63, 3.8) is 0 Å². The molecule has 6 nitrogen and oxygen atoms in total. The van der Waals surface area contributed by atoms with E-state index in [2.05, 4.69) is 13.8 Å². The molecule has 12 rings (SSSR count). The maximum absolute atomic E-state index is 5.40. The van der Waals surface area contributed by atoms with Gasteiger partial charge in [0.1, 0.15) is 55.4 Å². The van der Waals surface area contributed by atoms with E-state index >= 15 is 0 Å². The Kier molecular flexibility index (Phi) is 20.1. The molecule has 0 aromatic heterocycles. The van der Waals surface area contributed by atoms with Crippen molar-refractivity contribution in [3.05, 3.63) is 91.0 Å². The SMILES string of the molecule is C.CC.CC.CC1CC2C3CCC(C3)C2C1.CC1CC2C3CCC(C3)C2C1.c1ccc(OCC2CO2)cc1.c1ccc(OCC2CO2)cc1.c1ccc(OCC2CO2)cc1. The first-order valence-electron chi connectivity index (χ1n) is 23.9. The molecule has 3 aliphatic heterocycles. The van der Waals surface area contributed by atoms with Crippen LogP contribution in [0, 0.1) is 59.2 Å². The highest BCUT2D eigenvalue weighted by molar-refractivity contribution is 5.22. The van der Waals surface area contributed by atoms with Crippen molar-refractivity contribution in [3.8, 4) is 17.2 Å². The monoisotopic (exact) mass is 827 g/mol. The summed E-state index contributed by atoms with van der Waals surface area (Å²) in [6.07, 6.45) is 16.9. The van der Waals surface area contributed by atoms with E-state index in [4.69, 9.17) is 28.4 Å².